The fourth-order valence-corrected chi connectivity index (χ4v) is 1.93. The molecule has 0 fully saturated rings. The average Bonchev–Trinajstić information content (AvgIpc) is 2.41. The maximum Gasteiger partial charge on any atom is 0.225 e. The quantitative estimate of drug-likeness (QED) is 0.376. The van der Waals surface area contributed by atoms with Gasteiger partial charge in [-0.05, 0) is 18.2 Å². The summed E-state index contributed by atoms with van der Waals surface area (Å²) in [5.74, 6) is -0.142. The fourth-order valence-electron chi connectivity index (χ4n) is 1.93. The molecule has 0 bridgehead atoms. The number of alkyl halides is 1. The van der Waals surface area contributed by atoms with Crippen LogP contribution in [0.25, 0.3) is 16.4 Å². The zero-order valence-electron chi connectivity index (χ0n) is 9.77. The molecule has 0 spiro atoms. The van der Waals surface area contributed by atoms with Gasteiger partial charge in [0.15, 0.2) is 6.20 Å². The molecular weight excluding hydrogens is 253 g/mol. The van der Waals surface area contributed by atoms with E-state index in [-0.39, 0.29) is 11.6 Å². The molecular formula is C14H12ClFNO+. The summed E-state index contributed by atoms with van der Waals surface area (Å²) in [6.07, 6.45) is 3.32. The summed E-state index contributed by atoms with van der Waals surface area (Å²) in [4.78, 5) is 0. The van der Waals surface area contributed by atoms with Crippen LogP contribution in [0.3, 0.4) is 0 Å². The first-order chi connectivity index (χ1) is 8.75. The van der Waals surface area contributed by atoms with E-state index in [1.165, 1.54) is 18.5 Å². The van der Waals surface area contributed by atoms with E-state index in [1.807, 2.05) is 28.8 Å². The highest BCUT2D eigenvalue weighted by Crippen LogP contribution is 2.23. The van der Waals surface area contributed by atoms with E-state index in [2.05, 4.69) is 11.6 Å². The SMILES string of the molecule is CCl.Oc1cc2cccc[n+]2c2cc(F)ccc12. The molecule has 18 heavy (non-hydrogen) atoms. The van der Waals surface area contributed by atoms with Crippen molar-refractivity contribution in [1.29, 1.82) is 0 Å². The van der Waals surface area contributed by atoms with Crippen molar-refractivity contribution in [3.63, 3.8) is 0 Å². The number of nitrogens with zero attached hydrogens (tertiary/aromatic N) is 1. The number of hydrogen-bond acceptors (Lipinski definition) is 1. The smallest absolute Gasteiger partial charge is 0.225 e. The van der Waals surface area contributed by atoms with E-state index in [0.717, 1.165) is 5.52 Å². The van der Waals surface area contributed by atoms with E-state index in [0.29, 0.717) is 10.9 Å². The van der Waals surface area contributed by atoms with Gasteiger partial charge in [0.25, 0.3) is 0 Å². The van der Waals surface area contributed by atoms with Crippen molar-refractivity contribution in [2.45, 2.75) is 0 Å². The summed E-state index contributed by atoms with van der Waals surface area (Å²) in [5, 5.41) is 10.5. The van der Waals surface area contributed by atoms with Crippen molar-refractivity contribution in [2.75, 3.05) is 6.38 Å². The minimum absolute atomic E-state index is 0.168. The van der Waals surface area contributed by atoms with Crippen molar-refractivity contribution in [3.8, 4) is 5.75 Å². The second-order valence-electron chi connectivity index (χ2n) is 3.69. The van der Waals surface area contributed by atoms with Crippen LogP contribution in [0.5, 0.6) is 5.75 Å². The van der Waals surface area contributed by atoms with Gasteiger partial charge in [-0.25, -0.2) is 4.39 Å². The van der Waals surface area contributed by atoms with Gasteiger partial charge >= 0.3 is 0 Å². The fraction of sp³-hybridized carbons (Fsp3) is 0.0714. The van der Waals surface area contributed by atoms with Crippen molar-refractivity contribution in [2.24, 2.45) is 0 Å². The Morgan fingerprint density at radius 2 is 1.89 bits per heavy atom. The van der Waals surface area contributed by atoms with E-state index in [4.69, 9.17) is 0 Å². The zero-order chi connectivity index (χ0) is 13.1. The molecule has 0 aliphatic rings. The Morgan fingerprint density at radius 3 is 2.67 bits per heavy atom. The second kappa shape index (κ2) is 5.19. The number of aromatic nitrogens is 1. The molecule has 0 atom stereocenters. The molecule has 0 aliphatic carbocycles. The third kappa shape index (κ3) is 2.09. The van der Waals surface area contributed by atoms with Crippen LogP contribution in [-0.4, -0.2) is 11.5 Å². The zero-order valence-corrected chi connectivity index (χ0v) is 10.5. The van der Waals surface area contributed by atoms with Gasteiger partial charge in [0, 0.05) is 24.6 Å². The van der Waals surface area contributed by atoms with Gasteiger partial charge in [0.05, 0.1) is 11.5 Å². The van der Waals surface area contributed by atoms with Crippen molar-refractivity contribution in [3.05, 3.63) is 54.5 Å². The minimum atomic E-state index is -0.309. The third-order valence-electron chi connectivity index (χ3n) is 2.67. The minimum Gasteiger partial charge on any atom is -0.507 e. The first-order valence-electron chi connectivity index (χ1n) is 5.35. The molecule has 1 N–H and O–H groups in total. The highest BCUT2D eigenvalue weighted by atomic mass is 35.5. The molecule has 0 saturated carbocycles. The summed E-state index contributed by atoms with van der Waals surface area (Å²) >= 11 is 4.64. The number of rotatable bonds is 0. The van der Waals surface area contributed by atoms with Crippen LogP contribution in [0.4, 0.5) is 4.39 Å². The lowest BCUT2D eigenvalue weighted by atomic mass is 10.1. The molecule has 4 heteroatoms. The van der Waals surface area contributed by atoms with Crippen molar-refractivity contribution >= 4 is 28.0 Å². The molecule has 1 aromatic carbocycles. The van der Waals surface area contributed by atoms with Crippen LogP contribution >= 0.6 is 11.6 Å². The lowest BCUT2D eigenvalue weighted by Gasteiger charge is -1.99. The molecule has 3 aromatic rings. The number of pyridine rings is 2. The monoisotopic (exact) mass is 264 g/mol. The van der Waals surface area contributed by atoms with Gasteiger partial charge < -0.3 is 5.11 Å². The van der Waals surface area contributed by atoms with Crippen LogP contribution in [0, 0.1) is 5.82 Å². The largest absolute Gasteiger partial charge is 0.507 e. The number of halogens is 2. The number of hydrogen-bond donors (Lipinski definition) is 1. The number of benzene rings is 1. The van der Waals surface area contributed by atoms with Crippen molar-refractivity contribution < 1.29 is 13.9 Å². The second-order valence-corrected chi connectivity index (χ2v) is 3.69. The van der Waals surface area contributed by atoms with Crippen LogP contribution in [0.15, 0.2) is 48.7 Å². The van der Waals surface area contributed by atoms with Gasteiger partial charge in [-0.3, -0.25) is 0 Å². The summed E-state index contributed by atoms with van der Waals surface area (Å²) in [5.41, 5.74) is 1.49. The van der Waals surface area contributed by atoms with E-state index in [9.17, 15) is 9.50 Å². The van der Waals surface area contributed by atoms with Gasteiger partial charge in [0.2, 0.25) is 11.0 Å². The molecule has 2 heterocycles. The Morgan fingerprint density at radius 1 is 1.11 bits per heavy atom. The summed E-state index contributed by atoms with van der Waals surface area (Å²) in [7, 11) is 0. The van der Waals surface area contributed by atoms with Crippen molar-refractivity contribution in [1.82, 2.24) is 0 Å². The Labute approximate surface area is 109 Å². The molecule has 0 saturated heterocycles. The third-order valence-corrected chi connectivity index (χ3v) is 2.67. The van der Waals surface area contributed by atoms with Gasteiger partial charge in [-0.2, -0.15) is 4.40 Å². The van der Waals surface area contributed by atoms with Gasteiger partial charge in [-0.1, -0.05) is 0 Å². The predicted octanol–water partition coefficient (Wildman–Crippen LogP) is 3.28. The lowest BCUT2D eigenvalue weighted by Crippen LogP contribution is -2.21. The molecule has 92 valence electrons. The maximum absolute atomic E-state index is 13.2. The van der Waals surface area contributed by atoms with Crippen LogP contribution < -0.4 is 4.40 Å². The summed E-state index contributed by atoms with van der Waals surface area (Å²) in [6, 6.07) is 11.6. The molecule has 2 nitrogen and oxygen atoms in total. The normalized spacial score (nSPS) is 10.2. The van der Waals surface area contributed by atoms with E-state index in [1.54, 1.807) is 12.1 Å². The number of fused-ring (bicyclic) bond motifs is 3. The van der Waals surface area contributed by atoms with Gasteiger partial charge in [-0.15, -0.1) is 11.6 Å². The summed E-state index contributed by atoms with van der Waals surface area (Å²) < 4.78 is 15.0. The standard InChI is InChI=1S/C13H8FNO.CH3Cl/c14-9-4-5-11-12(7-9)15-6-2-1-3-10(15)8-13(11)16;1-2/h1-8H;1H3/p+1. The topological polar surface area (TPSA) is 24.3 Å². The average molecular weight is 265 g/mol. The predicted molar refractivity (Wildman–Crippen MR) is 70.5 cm³/mol. The first kappa shape index (κ1) is 12.6. The first-order valence-corrected chi connectivity index (χ1v) is 6.11. The highest BCUT2D eigenvalue weighted by molar-refractivity contribution is 6.15. The van der Waals surface area contributed by atoms with E-state index >= 15 is 0 Å². The van der Waals surface area contributed by atoms with E-state index < -0.39 is 0 Å². The summed E-state index contributed by atoms with van der Waals surface area (Å²) in [6.45, 7) is 0. The Kier molecular flexibility index (Phi) is 3.63. The Hall–Kier alpha value is -1.87. The molecule has 0 aliphatic heterocycles. The Bertz CT molecular complexity index is 700. The molecule has 0 unspecified atom stereocenters. The highest BCUT2D eigenvalue weighted by Gasteiger charge is 2.13. The van der Waals surface area contributed by atoms with Gasteiger partial charge in [0.1, 0.15) is 11.6 Å². The molecule has 0 amide bonds. The van der Waals surface area contributed by atoms with Crippen LogP contribution in [0.2, 0.25) is 0 Å². The lowest BCUT2D eigenvalue weighted by molar-refractivity contribution is -0.481. The molecule has 3 rings (SSSR count). The maximum atomic E-state index is 13.2. The van der Waals surface area contributed by atoms with Crippen LogP contribution in [0.1, 0.15) is 0 Å². The Balaban J connectivity index is 0.000000574. The van der Waals surface area contributed by atoms with Crippen LogP contribution in [-0.2, 0) is 0 Å². The molecule has 0 radical (unpaired) electrons. The molecule has 2 aromatic heterocycles. The number of aromatic hydroxyl groups is 1.